The number of rotatable bonds is 5. The molecule has 1 heterocycles. The second-order valence-electron chi connectivity index (χ2n) is 6.22. The number of ether oxygens (including phenoxy) is 3. The molecule has 1 fully saturated rings. The van der Waals surface area contributed by atoms with Gasteiger partial charge in [-0.1, -0.05) is 35.3 Å². The van der Waals surface area contributed by atoms with Crippen LogP contribution in [0.15, 0.2) is 42.5 Å². The number of carbonyl (C=O) groups excluding carboxylic acids is 1. The highest BCUT2D eigenvalue weighted by Gasteiger charge is 2.27. The monoisotopic (exact) mass is 445 g/mol. The molecule has 0 saturated carbocycles. The average molecular weight is 447 g/mol. The summed E-state index contributed by atoms with van der Waals surface area (Å²) in [5.74, 6) is 0.252. The minimum Gasteiger partial charge on any atom is -0.491 e. The maximum Gasteiger partial charge on any atom is 0.337 e. The Labute approximate surface area is 180 Å². The molecule has 0 spiro atoms. The van der Waals surface area contributed by atoms with Crippen molar-refractivity contribution in [3.05, 3.63) is 63.6 Å². The second kappa shape index (κ2) is 10.9. The van der Waals surface area contributed by atoms with Crippen LogP contribution in [0.2, 0.25) is 10.0 Å². The fraction of sp³-hybridized carbons (Fsp3) is 0.350. The lowest BCUT2D eigenvalue weighted by Gasteiger charge is -2.25. The molecule has 1 aliphatic heterocycles. The van der Waals surface area contributed by atoms with Gasteiger partial charge >= 0.3 is 5.97 Å². The summed E-state index contributed by atoms with van der Waals surface area (Å²) in [6, 6.07) is 12.5. The number of halogens is 3. The zero-order chi connectivity index (χ0) is 19.2. The summed E-state index contributed by atoms with van der Waals surface area (Å²) in [7, 11) is 1.35. The molecule has 8 heteroatoms. The predicted octanol–water partition coefficient (Wildman–Crippen LogP) is 4.35. The van der Waals surface area contributed by atoms with Crippen LogP contribution in [0.4, 0.5) is 0 Å². The van der Waals surface area contributed by atoms with E-state index in [9.17, 15) is 4.79 Å². The molecular weight excluding hydrogens is 425 g/mol. The summed E-state index contributed by atoms with van der Waals surface area (Å²) in [5.41, 5.74) is 1.48. The van der Waals surface area contributed by atoms with Gasteiger partial charge in [-0.3, -0.25) is 0 Å². The van der Waals surface area contributed by atoms with Crippen molar-refractivity contribution >= 4 is 41.6 Å². The van der Waals surface area contributed by atoms with Gasteiger partial charge in [0.25, 0.3) is 0 Å². The van der Waals surface area contributed by atoms with E-state index in [2.05, 4.69) is 5.32 Å². The Morgan fingerprint density at radius 3 is 2.79 bits per heavy atom. The Bertz CT molecular complexity index is 803. The summed E-state index contributed by atoms with van der Waals surface area (Å²) >= 11 is 12.2. The highest BCUT2D eigenvalue weighted by molar-refractivity contribution is 6.42. The van der Waals surface area contributed by atoms with Crippen LogP contribution in [0.25, 0.3) is 0 Å². The number of nitrogens with one attached hydrogen (secondary N) is 1. The van der Waals surface area contributed by atoms with E-state index in [1.54, 1.807) is 30.3 Å². The van der Waals surface area contributed by atoms with Gasteiger partial charge in [0.15, 0.2) is 0 Å². The number of hydrogen-bond acceptors (Lipinski definition) is 5. The van der Waals surface area contributed by atoms with E-state index in [0.717, 1.165) is 18.7 Å². The summed E-state index contributed by atoms with van der Waals surface area (Å²) in [4.78, 5) is 11.7. The van der Waals surface area contributed by atoms with E-state index in [1.807, 2.05) is 12.1 Å². The van der Waals surface area contributed by atoms with Gasteiger partial charge in [0.05, 0.1) is 35.4 Å². The first kappa shape index (κ1) is 22.8. The van der Waals surface area contributed by atoms with Crippen molar-refractivity contribution < 1.29 is 19.0 Å². The molecule has 5 nitrogen and oxygen atoms in total. The third-order valence-electron chi connectivity index (χ3n) is 4.47. The number of benzene rings is 2. The maximum atomic E-state index is 11.7. The minimum atomic E-state index is -0.399. The first-order valence-corrected chi connectivity index (χ1v) is 9.42. The number of esters is 1. The Kier molecular flexibility index (Phi) is 8.86. The highest BCUT2D eigenvalue weighted by Crippen LogP contribution is 2.30. The molecule has 0 bridgehead atoms. The summed E-state index contributed by atoms with van der Waals surface area (Å²) in [5, 5.41) is 4.41. The van der Waals surface area contributed by atoms with Crippen LogP contribution in [0.1, 0.15) is 21.8 Å². The Balaban J connectivity index is 0.00000280. The molecule has 0 radical (unpaired) electrons. The zero-order valence-corrected chi connectivity index (χ0v) is 17.7. The van der Waals surface area contributed by atoms with Gasteiger partial charge in [0.1, 0.15) is 12.4 Å². The van der Waals surface area contributed by atoms with Crippen molar-refractivity contribution in [2.24, 2.45) is 0 Å². The van der Waals surface area contributed by atoms with Crippen LogP contribution in [0.5, 0.6) is 5.75 Å². The number of carbonyl (C=O) groups is 1. The van der Waals surface area contributed by atoms with Gasteiger partial charge in [-0.25, -0.2) is 4.79 Å². The van der Waals surface area contributed by atoms with Crippen LogP contribution in [0, 0.1) is 0 Å². The van der Waals surface area contributed by atoms with Crippen LogP contribution >= 0.6 is 35.6 Å². The summed E-state index contributed by atoms with van der Waals surface area (Å²) < 4.78 is 16.7. The summed E-state index contributed by atoms with van der Waals surface area (Å²) in [6.45, 7) is 2.45. The highest BCUT2D eigenvalue weighted by atomic mass is 35.5. The van der Waals surface area contributed by atoms with E-state index >= 15 is 0 Å². The zero-order valence-electron chi connectivity index (χ0n) is 15.3. The van der Waals surface area contributed by atoms with Crippen LogP contribution in [-0.2, 0) is 9.47 Å². The molecule has 28 heavy (non-hydrogen) atoms. The lowest BCUT2D eigenvalue weighted by Crippen LogP contribution is -2.31. The molecule has 2 aromatic rings. The largest absolute Gasteiger partial charge is 0.491 e. The Morgan fingerprint density at radius 1 is 1.21 bits per heavy atom. The van der Waals surface area contributed by atoms with Crippen molar-refractivity contribution in [1.29, 1.82) is 0 Å². The first-order chi connectivity index (χ1) is 13.1. The van der Waals surface area contributed by atoms with Crippen LogP contribution in [0.3, 0.4) is 0 Å². The SMILES string of the molecule is COC(=O)c1cccc(OC[C@@H]2OCCNC[C@H]2c2ccc(Cl)c(Cl)c2)c1.Cl. The summed E-state index contributed by atoms with van der Waals surface area (Å²) in [6.07, 6.45) is -0.168. The molecule has 1 N–H and O–H groups in total. The topological polar surface area (TPSA) is 56.8 Å². The molecule has 0 unspecified atom stereocenters. The van der Waals surface area contributed by atoms with Crippen molar-refractivity contribution in [2.75, 3.05) is 33.4 Å². The fourth-order valence-corrected chi connectivity index (χ4v) is 3.34. The van der Waals surface area contributed by atoms with Gasteiger partial charge in [0.2, 0.25) is 0 Å². The molecular formula is C20H22Cl3NO4. The lowest BCUT2D eigenvalue weighted by atomic mass is 9.93. The molecule has 152 valence electrons. The molecule has 0 aliphatic carbocycles. The molecule has 0 amide bonds. The Morgan fingerprint density at radius 2 is 2.04 bits per heavy atom. The molecule has 1 aliphatic rings. The van der Waals surface area contributed by atoms with Gasteiger partial charge in [-0.2, -0.15) is 0 Å². The number of methoxy groups -OCH3 is 1. The van der Waals surface area contributed by atoms with E-state index in [0.29, 0.717) is 34.6 Å². The van der Waals surface area contributed by atoms with E-state index < -0.39 is 5.97 Å². The number of hydrogen-bond donors (Lipinski definition) is 1. The fourth-order valence-electron chi connectivity index (χ4n) is 3.04. The third-order valence-corrected chi connectivity index (χ3v) is 5.20. The smallest absolute Gasteiger partial charge is 0.337 e. The maximum absolute atomic E-state index is 11.7. The normalized spacial score (nSPS) is 19.2. The van der Waals surface area contributed by atoms with E-state index in [1.165, 1.54) is 7.11 Å². The van der Waals surface area contributed by atoms with Gasteiger partial charge < -0.3 is 19.5 Å². The second-order valence-corrected chi connectivity index (χ2v) is 7.04. The van der Waals surface area contributed by atoms with Crippen molar-refractivity contribution in [1.82, 2.24) is 5.32 Å². The predicted molar refractivity (Wildman–Crippen MR) is 112 cm³/mol. The van der Waals surface area contributed by atoms with E-state index in [4.69, 9.17) is 37.4 Å². The van der Waals surface area contributed by atoms with Crippen molar-refractivity contribution in [2.45, 2.75) is 12.0 Å². The molecule has 1 saturated heterocycles. The standard InChI is InChI=1S/C20H21Cl2NO4.ClH/c1-25-20(24)14-3-2-4-15(9-14)27-12-19-16(11-23-7-8-26-19)13-5-6-17(21)18(22)10-13;/h2-6,9-10,16,19,23H,7-8,11-12H2,1H3;1H/t16-,19-;/m0./s1. The first-order valence-electron chi connectivity index (χ1n) is 8.67. The molecule has 2 aromatic carbocycles. The van der Waals surface area contributed by atoms with Gasteiger partial charge in [-0.15, -0.1) is 12.4 Å². The molecule has 3 rings (SSSR count). The van der Waals surface area contributed by atoms with Gasteiger partial charge in [0, 0.05) is 19.0 Å². The van der Waals surface area contributed by atoms with Crippen molar-refractivity contribution in [3.8, 4) is 5.75 Å². The van der Waals surface area contributed by atoms with E-state index in [-0.39, 0.29) is 24.4 Å². The quantitative estimate of drug-likeness (QED) is 0.692. The minimum absolute atomic E-state index is 0. The molecule has 2 atom stereocenters. The van der Waals surface area contributed by atoms with Crippen LogP contribution < -0.4 is 10.1 Å². The lowest BCUT2D eigenvalue weighted by molar-refractivity contribution is 0.0181. The van der Waals surface area contributed by atoms with Gasteiger partial charge in [-0.05, 0) is 35.9 Å². The Hall–Kier alpha value is -1.50. The van der Waals surface area contributed by atoms with Crippen LogP contribution in [-0.4, -0.2) is 45.5 Å². The molecule has 0 aromatic heterocycles. The average Bonchev–Trinajstić information content (AvgIpc) is 2.93. The van der Waals surface area contributed by atoms with Crippen molar-refractivity contribution in [3.63, 3.8) is 0 Å². The third kappa shape index (κ3) is 5.75.